The van der Waals surface area contributed by atoms with Gasteiger partial charge in [0.15, 0.2) is 5.75 Å². The molecule has 1 heterocycles. The molecule has 1 aromatic heterocycles. The van der Waals surface area contributed by atoms with E-state index in [9.17, 15) is 22.8 Å². The molecule has 2 N–H and O–H groups in total. The number of benzene rings is 2. The van der Waals surface area contributed by atoms with Gasteiger partial charge < -0.3 is 19.4 Å². The largest absolute Gasteiger partial charge is 0.422 e. The molecular weight excluding hydrogens is 505 g/mol. The van der Waals surface area contributed by atoms with Crippen molar-refractivity contribution in [2.45, 2.75) is 18.2 Å². The van der Waals surface area contributed by atoms with Gasteiger partial charge in [-0.05, 0) is 30.2 Å². The van der Waals surface area contributed by atoms with Crippen molar-refractivity contribution in [3.8, 4) is 5.75 Å². The van der Waals surface area contributed by atoms with Gasteiger partial charge in [-0.25, -0.2) is 31.9 Å². The monoisotopic (exact) mass is 525 g/mol. The van der Waals surface area contributed by atoms with E-state index in [2.05, 4.69) is 5.32 Å². The molecule has 3 aromatic rings. The summed E-state index contributed by atoms with van der Waals surface area (Å²) in [7, 11) is -0.314. The number of hydrogen-bond acceptors (Lipinski definition) is 7. The van der Waals surface area contributed by atoms with Crippen molar-refractivity contribution in [3.63, 3.8) is 0 Å². The summed E-state index contributed by atoms with van der Waals surface area (Å²) in [5, 5.41) is 2.57. The van der Waals surface area contributed by atoms with Crippen molar-refractivity contribution >= 4 is 44.7 Å². The average molecular weight is 526 g/mol. The molecule has 0 aliphatic heterocycles. The topological polar surface area (TPSA) is 135 Å². The number of carbonyl (C=O) groups is 2. The predicted molar refractivity (Wildman–Crippen MR) is 126 cm³/mol. The van der Waals surface area contributed by atoms with E-state index < -0.39 is 38.5 Å². The molecule has 0 fully saturated rings. The number of hydrogen-bond donors (Lipinski definition) is 2. The molecule has 35 heavy (non-hydrogen) atoms. The van der Waals surface area contributed by atoms with E-state index in [1.165, 1.54) is 50.3 Å². The Hall–Kier alpha value is -3.64. The highest BCUT2D eigenvalue weighted by atomic mass is 35.5. The second kappa shape index (κ2) is 9.92. The molecular formula is C22H21ClFN3O7S. The zero-order valence-electron chi connectivity index (χ0n) is 19.1. The number of fused-ring (bicyclic) bond motifs is 1. The van der Waals surface area contributed by atoms with Crippen molar-refractivity contribution in [2.24, 2.45) is 0 Å². The van der Waals surface area contributed by atoms with Crippen LogP contribution >= 0.6 is 11.6 Å². The maximum atomic E-state index is 15.1. The van der Waals surface area contributed by atoms with Gasteiger partial charge in [-0.1, -0.05) is 23.7 Å². The highest BCUT2D eigenvalue weighted by Crippen LogP contribution is 2.33. The van der Waals surface area contributed by atoms with Crippen LogP contribution in [0.2, 0.25) is 5.02 Å². The van der Waals surface area contributed by atoms with E-state index in [-0.39, 0.29) is 33.9 Å². The lowest BCUT2D eigenvalue weighted by Gasteiger charge is -2.14. The molecule has 0 aliphatic carbocycles. The zero-order valence-corrected chi connectivity index (χ0v) is 20.6. The Labute approximate surface area is 204 Å². The maximum Gasteiger partial charge on any atom is 0.414 e. The van der Waals surface area contributed by atoms with E-state index in [0.29, 0.717) is 10.9 Å². The zero-order chi connectivity index (χ0) is 26.1. The van der Waals surface area contributed by atoms with Crippen LogP contribution in [0.15, 0.2) is 44.4 Å². The first-order chi connectivity index (χ1) is 16.4. The van der Waals surface area contributed by atoms with Crippen LogP contribution in [0.5, 0.6) is 5.75 Å². The molecule has 0 aliphatic rings. The van der Waals surface area contributed by atoms with Gasteiger partial charge in [0.1, 0.15) is 16.3 Å². The number of ether oxygens (including phenoxy) is 1. The molecule has 0 unspecified atom stereocenters. The van der Waals surface area contributed by atoms with Crippen LogP contribution in [0, 0.1) is 12.7 Å². The Kier molecular flexibility index (Phi) is 7.36. The number of sulfonamides is 1. The van der Waals surface area contributed by atoms with Crippen LogP contribution in [-0.2, 0) is 16.4 Å². The molecule has 0 radical (unpaired) electrons. The fraction of sp³-hybridized carbons (Fsp3) is 0.227. The summed E-state index contributed by atoms with van der Waals surface area (Å²) < 4.78 is 52.1. The first-order valence-electron chi connectivity index (χ1n) is 10.0. The molecule has 0 saturated carbocycles. The number of carbonyl (C=O) groups excluding carboxylic acids is 2. The second-order valence-electron chi connectivity index (χ2n) is 7.62. The van der Waals surface area contributed by atoms with Crippen LogP contribution in [0.3, 0.4) is 0 Å². The highest BCUT2D eigenvalue weighted by Gasteiger charge is 2.24. The minimum atomic E-state index is -4.50. The van der Waals surface area contributed by atoms with Gasteiger partial charge in [-0.2, -0.15) is 0 Å². The number of amides is 3. The summed E-state index contributed by atoms with van der Waals surface area (Å²) in [6.07, 6.45) is -0.980. The number of aryl methyl sites for hydroxylation is 1. The molecule has 2 aromatic carbocycles. The lowest BCUT2D eigenvalue weighted by molar-refractivity contribution is 0.172. The van der Waals surface area contributed by atoms with E-state index in [1.54, 1.807) is 11.6 Å². The number of nitrogens with zero attached hydrogens (tertiary/aromatic N) is 1. The molecule has 10 nitrogen and oxygen atoms in total. The van der Waals surface area contributed by atoms with E-state index in [4.69, 9.17) is 20.8 Å². The predicted octanol–water partition coefficient (Wildman–Crippen LogP) is 3.16. The van der Waals surface area contributed by atoms with Gasteiger partial charge in [0.05, 0.1) is 5.02 Å². The standard InChI is InChI=1S/C22H21ClFN3O7S/c1-11-13-9-15(23)17(34-22(30)27(3)4)10-16(13)33-20(28)14(11)8-12-6-5-7-18(19(12)24)35(31,32)26-21(29)25-2/h5-7,9-10H,8H2,1-4H3,(H2,25,26,29). The smallest absolute Gasteiger partial charge is 0.414 e. The summed E-state index contributed by atoms with van der Waals surface area (Å²) in [5.41, 5.74) is -0.326. The third-order valence-corrected chi connectivity index (χ3v) is 6.70. The minimum absolute atomic E-state index is 0.0132. The summed E-state index contributed by atoms with van der Waals surface area (Å²) in [4.78, 5) is 36.5. The fourth-order valence-electron chi connectivity index (χ4n) is 3.18. The number of halogens is 2. The maximum absolute atomic E-state index is 15.1. The Morgan fingerprint density at radius 2 is 1.91 bits per heavy atom. The van der Waals surface area contributed by atoms with Crippen molar-refractivity contribution in [2.75, 3.05) is 21.1 Å². The highest BCUT2D eigenvalue weighted by molar-refractivity contribution is 7.90. The molecule has 13 heteroatoms. The second-order valence-corrected chi connectivity index (χ2v) is 9.68. The van der Waals surface area contributed by atoms with Crippen LogP contribution in [-0.4, -0.2) is 46.6 Å². The van der Waals surface area contributed by atoms with Gasteiger partial charge in [0.25, 0.3) is 10.0 Å². The summed E-state index contributed by atoms with van der Waals surface area (Å²) in [6, 6.07) is 5.31. The quantitative estimate of drug-likeness (QED) is 0.488. The van der Waals surface area contributed by atoms with Gasteiger partial charge in [0.2, 0.25) is 0 Å². The van der Waals surface area contributed by atoms with E-state index in [1.807, 2.05) is 0 Å². The lowest BCUT2D eigenvalue weighted by Crippen LogP contribution is -2.37. The average Bonchev–Trinajstić information content (AvgIpc) is 2.78. The molecule has 3 rings (SSSR count). The fourth-order valence-corrected chi connectivity index (χ4v) is 4.46. The van der Waals surface area contributed by atoms with Crippen molar-refractivity contribution in [1.82, 2.24) is 14.9 Å². The van der Waals surface area contributed by atoms with Crippen molar-refractivity contribution < 1.29 is 31.6 Å². The van der Waals surface area contributed by atoms with Crippen LogP contribution in [0.1, 0.15) is 16.7 Å². The van der Waals surface area contributed by atoms with Gasteiger partial charge in [0, 0.05) is 44.6 Å². The van der Waals surface area contributed by atoms with E-state index >= 15 is 4.39 Å². The van der Waals surface area contributed by atoms with E-state index in [0.717, 1.165) is 6.07 Å². The van der Waals surface area contributed by atoms with Crippen LogP contribution in [0.4, 0.5) is 14.0 Å². The molecule has 0 bridgehead atoms. The summed E-state index contributed by atoms with van der Waals surface area (Å²) >= 11 is 6.24. The first-order valence-corrected chi connectivity index (χ1v) is 11.9. The van der Waals surface area contributed by atoms with Crippen LogP contribution < -0.4 is 20.4 Å². The Bertz CT molecular complexity index is 1500. The Morgan fingerprint density at radius 1 is 1.23 bits per heavy atom. The lowest BCUT2D eigenvalue weighted by atomic mass is 9.99. The molecule has 0 atom stereocenters. The third-order valence-electron chi connectivity index (χ3n) is 5.06. The third kappa shape index (κ3) is 5.38. The Balaban J connectivity index is 2.05. The number of nitrogens with one attached hydrogen (secondary N) is 2. The minimum Gasteiger partial charge on any atom is -0.422 e. The first kappa shape index (κ1) is 26.0. The molecule has 0 spiro atoms. The van der Waals surface area contributed by atoms with Gasteiger partial charge in [-0.15, -0.1) is 0 Å². The van der Waals surface area contributed by atoms with Gasteiger partial charge in [-0.3, -0.25) is 0 Å². The summed E-state index contributed by atoms with van der Waals surface area (Å²) in [5.74, 6) is -1.13. The Morgan fingerprint density at radius 3 is 2.54 bits per heavy atom. The SMILES string of the molecule is CNC(=O)NS(=O)(=O)c1cccc(Cc2c(C)c3cc(Cl)c(OC(=O)N(C)C)cc3oc2=O)c1F. The van der Waals surface area contributed by atoms with Crippen molar-refractivity contribution in [3.05, 3.63) is 68.3 Å². The number of rotatable bonds is 5. The van der Waals surface area contributed by atoms with Crippen LogP contribution in [0.25, 0.3) is 11.0 Å². The number of urea groups is 1. The molecule has 0 saturated heterocycles. The van der Waals surface area contributed by atoms with Gasteiger partial charge >= 0.3 is 17.7 Å². The normalized spacial score (nSPS) is 11.3. The van der Waals surface area contributed by atoms with Crippen molar-refractivity contribution in [1.29, 1.82) is 0 Å². The molecule has 3 amide bonds. The molecule has 186 valence electrons. The summed E-state index contributed by atoms with van der Waals surface area (Å²) in [6.45, 7) is 1.60.